The van der Waals surface area contributed by atoms with E-state index in [0.29, 0.717) is 17.4 Å². The van der Waals surface area contributed by atoms with Crippen molar-refractivity contribution in [2.75, 3.05) is 0 Å². The van der Waals surface area contributed by atoms with E-state index in [4.69, 9.17) is 10.4 Å². The summed E-state index contributed by atoms with van der Waals surface area (Å²) in [5.41, 5.74) is 1.03. The Morgan fingerprint density at radius 3 is 2.42 bits per heavy atom. The second-order valence-corrected chi connectivity index (χ2v) is 2.32. The van der Waals surface area contributed by atoms with Gasteiger partial charge in [0, 0.05) is 5.56 Å². The third kappa shape index (κ3) is 1.68. The van der Waals surface area contributed by atoms with Crippen molar-refractivity contribution in [2.45, 2.75) is 6.10 Å². The zero-order chi connectivity index (χ0) is 8.97. The van der Waals surface area contributed by atoms with Gasteiger partial charge in [0.2, 0.25) is 0 Å². The summed E-state index contributed by atoms with van der Waals surface area (Å²) in [5.74, 6) is 0. The highest BCUT2D eigenvalue weighted by atomic mass is 16.3. The second kappa shape index (κ2) is 3.65. The fourth-order valence-electron chi connectivity index (χ4n) is 0.831. The lowest BCUT2D eigenvalue weighted by molar-refractivity contribution is 0.112. The van der Waals surface area contributed by atoms with Gasteiger partial charge in [-0.2, -0.15) is 5.26 Å². The molecule has 1 N–H and O–H groups in total. The first-order chi connectivity index (χ1) is 5.77. The molecule has 0 radical (unpaired) electrons. The van der Waals surface area contributed by atoms with Gasteiger partial charge >= 0.3 is 0 Å². The predicted octanol–water partition coefficient (Wildman–Crippen LogP) is 1.06. The van der Waals surface area contributed by atoms with Crippen LogP contribution in [-0.4, -0.2) is 11.4 Å². The summed E-state index contributed by atoms with van der Waals surface area (Å²) in [7, 11) is 0. The van der Waals surface area contributed by atoms with Gasteiger partial charge < -0.3 is 5.11 Å². The molecule has 12 heavy (non-hydrogen) atoms. The average molecular weight is 161 g/mol. The molecule has 1 aromatic carbocycles. The maximum Gasteiger partial charge on any atom is 0.165 e. The van der Waals surface area contributed by atoms with E-state index in [9.17, 15) is 4.79 Å². The van der Waals surface area contributed by atoms with Gasteiger partial charge in [-0.05, 0) is 5.56 Å². The summed E-state index contributed by atoms with van der Waals surface area (Å²) in [6.07, 6.45) is -0.395. The van der Waals surface area contributed by atoms with Gasteiger partial charge in [-0.3, -0.25) is 4.79 Å². The molecule has 1 rings (SSSR count). The van der Waals surface area contributed by atoms with Crippen molar-refractivity contribution >= 4 is 6.29 Å². The van der Waals surface area contributed by atoms with Crippen molar-refractivity contribution in [1.82, 2.24) is 0 Å². The fourth-order valence-corrected chi connectivity index (χ4v) is 0.831. The molecule has 0 saturated carbocycles. The number of benzene rings is 1. The van der Waals surface area contributed by atoms with Crippen LogP contribution in [0.1, 0.15) is 22.0 Å². The number of hydrogen-bond acceptors (Lipinski definition) is 3. The normalized spacial score (nSPS) is 11.7. The Balaban J connectivity index is 2.93. The molecule has 3 heteroatoms. The number of nitrogens with zero attached hydrogens (tertiary/aromatic N) is 1. The molecule has 0 aliphatic rings. The molecule has 0 fully saturated rings. The average Bonchev–Trinajstić information content (AvgIpc) is 2.17. The maximum absolute atomic E-state index is 10.2. The Hall–Kier alpha value is -1.66. The van der Waals surface area contributed by atoms with E-state index in [2.05, 4.69) is 0 Å². The van der Waals surface area contributed by atoms with Crippen LogP contribution in [0.3, 0.4) is 0 Å². The molecule has 0 bridgehead atoms. The molecule has 0 saturated heterocycles. The number of aliphatic hydroxyl groups excluding tert-OH is 1. The van der Waals surface area contributed by atoms with E-state index in [-0.39, 0.29) is 0 Å². The molecule has 0 aliphatic carbocycles. The number of carbonyl (C=O) groups excluding carboxylic acids is 1. The molecule has 1 atom stereocenters. The molecule has 1 aromatic rings. The van der Waals surface area contributed by atoms with Crippen LogP contribution in [-0.2, 0) is 0 Å². The Kier molecular flexibility index (Phi) is 2.57. The SMILES string of the molecule is N#CC(O)c1ccc(C=O)cc1. The Morgan fingerprint density at radius 2 is 2.00 bits per heavy atom. The Bertz CT molecular complexity index is 310. The smallest absolute Gasteiger partial charge is 0.165 e. The van der Waals surface area contributed by atoms with Crippen LogP contribution >= 0.6 is 0 Å². The van der Waals surface area contributed by atoms with E-state index in [1.807, 2.05) is 0 Å². The predicted molar refractivity (Wildman–Crippen MR) is 42.4 cm³/mol. The molecule has 0 aromatic heterocycles. The molecule has 3 nitrogen and oxygen atoms in total. The van der Waals surface area contributed by atoms with Crippen LogP contribution in [0, 0.1) is 11.3 Å². The van der Waals surface area contributed by atoms with Crippen LogP contribution in [0.25, 0.3) is 0 Å². The zero-order valence-electron chi connectivity index (χ0n) is 6.27. The van der Waals surface area contributed by atoms with Crippen molar-refractivity contribution in [3.05, 3.63) is 35.4 Å². The molecule has 0 amide bonds. The number of nitriles is 1. The molecule has 0 spiro atoms. The van der Waals surface area contributed by atoms with Gasteiger partial charge in [0.15, 0.2) is 6.10 Å². The molecule has 0 heterocycles. The first-order valence-corrected chi connectivity index (χ1v) is 3.40. The molecule has 1 unspecified atom stereocenters. The van der Waals surface area contributed by atoms with Crippen LogP contribution in [0.4, 0.5) is 0 Å². The van der Waals surface area contributed by atoms with E-state index in [1.54, 1.807) is 30.3 Å². The fraction of sp³-hybridized carbons (Fsp3) is 0.111. The minimum Gasteiger partial charge on any atom is -0.374 e. The first kappa shape index (κ1) is 8.44. The summed E-state index contributed by atoms with van der Waals surface area (Å²) in [6.45, 7) is 0. The van der Waals surface area contributed by atoms with E-state index >= 15 is 0 Å². The van der Waals surface area contributed by atoms with Crippen molar-refractivity contribution in [3.63, 3.8) is 0 Å². The monoisotopic (exact) mass is 161 g/mol. The molecule has 60 valence electrons. The van der Waals surface area contributed by atoms with Gasteiger partial charge in [-0.15, -0.1) is 0 Å². The van der Waals surface area contributed by atoms with Gasteiger partial charge in [-0.25, -0.2) is 0 Å². The Labute approximate surface area is 69.9 Å². The third-order valence-electron chi connectivity index (χ3n) is 1.51. The number of aldehydes is 1. The van der Waals surface area contributed by atoms with Gasteiger partial charge in [0.05, 0.1) is 6.07 Å². The summed E-state index contributed by atoms with van der Waals surface area (Å²) >= 11 is 0. The van der Waals surface area contributed by atoms with Crippen LogP contribution in [0.2, 0.25) is 0 Å². The highest BCUT2D eigenvalue weighted by Crippen LogP contribution is 2.11. The minimum absolute atomic E-state index is 0.503. The van der Waals surface area contributed by atoms with Crippen LogP contribution in [0.15, 0.2) is 24.3 Å². The van der Waals surface area contributed by atoms with E-state index < -0.39 is 6.10 Å². The summed E-state index contributed by atoms with van der Waals surface area (Å²) < 4.78 is 0. The number of carbonyl (C=O) groups is 1. The summed E-state index contributed by atoms with van der Waals surface area (Å²) in [4.78, 5) is 10.2. The first-order valence-electron chi connectivity index (χ1n) is 3.40. The van der Waals surface area contributed by atoms with Crippen molar-refractivity contribution in [2.24, 2.45) is 0 Å². The summed E-state index contributed by atoms with van der Waals surface area (Å²) in [6, 6.07) is 7.91. The lowest BCUT2D eigenvalue weighted by atomic mass is 10.1. The van der Waals surface area contributed by atoms with Crippen LogP contribution in [0.5, 0.6) is 0 Å². The second-order valence-electron chi connectivity index (χ2n) is 2.32. The maximum atomic E-state index is 10.2. The lowest BCUT2D eigenvalue weighted by Crippen LogP contribution is -1.92. The van der Waals surface area contributed by atoms with Crippen molar-refractivity contribution in [3.8, 4) is 6.07 Å². The van der Waals surface area contributed by atoms with Gasteiger partial charge in [0.25, 0.3) is 0 Å². The highest BCUT2D eigenvalue weighted by Gasteiger charge is 2.03. The van der Waals surface area contributed by atoms with Crippen LogP contribution < -0.4 is 0 Å². The van der Waals surface area contributed by atoms with Crippen molar-refractivity contribution < 1.29 is 9.90 Å². The quantitative estimate of drug-likeness (QED) is 0.521. The van der Waals surface area contributed by atoms with Gasteiger partial charge in [-0.1, -0.05) is 24.3 Å². The van der Waals surface area contributed by atoms with E-state index in [0.717, 1.165) is 0 Å². The molecule has 0 aliphatic heterocycles. The van der Waals surface area contributed by atoms with Crippen molar-refractivity contribution in [1.29, 1.82) is 5.26 Å². The molecular formula is C9H7NO2. The largest absolute Gasteiger partial charge is 0.374 e. The summed E-state index contributed by atoms with van der Waals surface area (Å²) in [5, 5.41) is 17.4. The number of rotatable bonds is 2. The number of hydrogen-bond donors (Lipinski definition) is 1. The standard InChI is InChI=1S/C9H7NO2/c10-5-9(12)8-3-1-7(6-11)2-4-8/h1-4,6,9,12H. The topological polar surface area (TPSA) is 61.1 Å². The van der Waals surface area contributed by atoms with E-state index in [1.165, 1.54) is 0 Å². The number of aliphatic hydroxyl groups is 1. The highest BCUT2D eigenvalue weighted by molar-refractivity contribution is 5.74. The third-order valence-corrected chi connectivity index (χ3v) is 1.51. The molecular weight excluding hydrogens is 154 g/mol. The minimum atomic E-state index is -1.11. The Morgan fingerprint density at radius 1 is 1.42 bits per heavy atom. The van der Waals surface area contributed by atoms with Gasteiger partial charge in [0.1, 0.15) is 6.29 Å². The zero-order valence-corrected chi connectivity index (χ0v) is 6.27. The lowest BCUT2D eigenvalue weighted by Gasteiger charge is -2.00.